The van der Waals surface area contributed by atoms with Crippen LogP contribution in [0.3, 0.4) is 0 Å². The molecule has 1 aromatic carbocycles. The minimum atomic E-state index is -0.471. The molecule has 4 rings (SSSR count). The average molecular weight is 409 g/mol. The molecule has 0 amide bonds. The Labute approximate surface area is 175 Å². The Bertz CT molecular complexity index is 1180. The zero-order valence-corrected chi connectivity index (χ0v) is 18.3. The number of carbonyl (C=O) groups is 1. The maximum atomic E-state index is 13.3. The first-order valence-corrected chi connectivity index (χ1v) is 10.1. The molecule has 30 heavy (non-hydrogen) atoms. The van der Waals surface area contributed by atoms with Crippen molar-refractivity contribution in [1.29, 1.82) is 0 Å². The van der Waals surface area contributed by atoms with E-state index in [9.17, 15) is 14.4 Å². The third-order valence-corrected chi connectivity index (χ3v) is 6.23. The maximum Gasteiger partial charge on any atom is 0.332 e. The van der Waals surface area contributed by atoms with Crippen LogP contribution < -0.4 is 21.5 Å². The zero-order chi connectivity index (χ0) is 22.0. The molecule has 0 fully saturated rings. The number of hydrogen-bond acceptors (Lipinski definition) is 5. The van der Waals surface area contributed by atoms with Gasteiger partial charge in [0.1, 0.15) is 11.6 Å². The van der Waals surface area contributed by atoms with Gasteiger partial charge in [-0.1, -0.05) is 32.1 Å². The van der Waals surface area contributed by atoms with Crippen molar-refractivity contribution in [2.24, 2.45) is 25.4 Å². The lowest BCUT2D eigenvalue weighted by atomic mass is 9.67. The number of benzene rings is 1. The van der Waals surface area contributed by atoms with Crippen molar-refractivity contribution >= 4 is 17.3 Å². The lowest BCUT2D eigenvalue weighted by molar-refractivity contribution is -0.124. The highest BCUT2D eigenvalue weighted by molar-refractivity contribution is 5.90. The van der Waals surface area contributed by atoms with Crippen molar-refractivity contribution in [3.63, 3.8) is 0 Å². The van der Waals surface area contributed by atoms with E-state index in [1.807, 2.05) is 57.1 Å². The van der Waals surface area contributed by atoms with Gasteiger partial charge in [0.2, 0.25) is 0 Å². The average Bonchev–Trinajstić information content (AvgIpc) is 2.68. The van der Waals surface area contributed by atoms with Crippen LogP contribution in [0.5, 0.6) is 0 Å². The fourth-order valence-electron chi connectivity index (χ4n) is 4.72. The highest BCUT2D eigenvalue weighted by atomic mass is 16.2. The number of nitrogens with one attached hydrogen (secondary N) is 1. The predicted molar refractivity (Wildman–Crippen MR) is 118 cm³/mol. The number of fused-ring (bicyclic) bond motifs is 2. The van der Waals surface area contributed by atoms with Gasteiger partial charge in [0.15, 0.2) is 0 Å². The number of Topliss-reactive ketones (excluding diaryl/α,β-unsaturated/α-hetero) is 1. The SMILES string of the molecule is CN(C)c1ccc([C@@H]2c3c(n(C)c(=O)n(C)c3=O)NC3=CC(C)(C)CC(=O)[C@H]32)cc1. The number of aromatic nitrogens is 2. The van der Waals surface area contributed by atoms with Gasteiger partial charge >= 0.3 is 5.69 Å². The Morgan fingerprint density at radius 1 is 1.00 bits per heavy atom. The van der Waals surface area contributed by atoms with E-state index < -0.39 is 17.5 Å². The maximum absolute atomic E-state index is 13.3. The number of hydrogen-bond donors (Lipinski definition) is 1. The number of anilines is 2. The summed E-state index contributed by atoms with van der Waals surface area (Å²) in [6, 6.07) is 7.93. The highest BCUT2D eigenvalue weighted by Gasteiger charge is 2.45. The topological polar surface area (TPSA) is 76.3 Å². The van der Waals surface area contributed by atoms with E-state index in [4.69, 9.17) is 0 Å². The van der Waals surface area contributed by atoms with Gasteiger partial charge in [0, 0.05) is 51.9 Å². The van der Waals surface area contributed by atoms with Crippen molar-refractivity contribution in [1.82, 2.24) is 9.13 Å². The van der Waals surface area contributed by atoms with Crippen LogP contribution in [0.25, 0.3) is 0 Å². The van der Waals surface area contributed by atoms with Crippen LogP contribution in [0.1, 0.15) is 37.3 Å². The fourth-order valence-corrected chi connectivity index (χ4v) is 4.72. The third kappa shape index (κ3) is 3.00. The van der Waals surface area contributed by atoms with E-state index >= 15 is 0 Å². The molecule has 0 radical (unpaired) electrons. The van der Waals surface area contributed by atoms with Gasteiger partial charge in [-0.25, -0.2) is 4.79 Å². The van der Waals surface area contributed by atoms with Gasteiger partial charge in [0.05, 0.1) is 11.5 Å². The Kier molecular flexibility index (Phi) is 4.52. The second-order valence-corrected chi connectivity index (χ2v) is 9.27. The summed E-state index contributed by atoms with van der Waals surface area (Å²) in [6.45, 7) is 4.05. The largest absolute Gasteiger partial charge is 0.378 e. The molecule has 7 nitrogen and oxygen atoms in total. The lowest BCUT2D eigenvalue weighted by Crippen LogP contribution is -2.47. The summed E-state index contributed by atoms with van der Waals surface area (Å²) in [5, 5.41) is 3.27. The molecule has 2 atom stereocenters. The number of nitrogens with zero attached hydrogens (tertiary/aromatic N) is 3. The Morgan fingerprint density at radius 3 is 2.23 bits per heavy atom. The van der Waals surface area contributed by atoms with Gasteiger partial charge in [-0.05, 0) is 23.1 Å². The van der Waals surface area contributed by atoms with E-state index in [0.717, 1.165) is 21.5 Å². The van der Waals surface area contributed by atoms with Gasteiger partial charge in [-0.2, -0.15) is 0 Å². The van der Waals surface area contributed by atoms with E-state index in [0.29, 0.717) is 17.8 Å². The van der Waals surface area contributed by atoms with E-state index in [1.54, 1.807) is 7.05 Å². The molecule has 0 bridgehead atoms. The molecule has 1 N–H and O–H groups in total. The first-order valence-electron chi connectivity index (χ1n) is 10.1. The number of allylic oxidation sites excluding steroid dienone is 2. The Balaban J connectivity index is 2.03. The molecule has 7 heteroatoms. The van der Waals surface area contributed by atoms with Gasteiger partial charge in [0.25, 0.3) is 5.56 Å². The molecule has 0 unspecified atom stereocenters. The van der Waals surface area contributed by atoms with Crippen molar-refractivity contribution in [2.45, 2.75) is 26.2 Å². The first kappa shape index (κ1) is 20.2. The summed E-state index contributed by atoms with van der Waals surface area (Å²) in [4.78, 5) is 41.1. The second kappa shape index (κ2) is 6.72. The second-order valence-electron chi connectivity index (χ2n) is 9.27. The van der Waals surface area contributed by atoms with Crippen molar-refractivity contribution in [3.05, 3.63) is 68.0 Å². The summed E-state index contributed by atoms with van der Waals surface area (Å²) in [5.41, 5.74) is 2.12. The predicted octanol–water partition coefficient (Wildman–Crippen LogP) is 2.21. The molecule has 1 aromatic heterocycles. The summed E-state index contributed by atoms with van der Waals surface area (Å²) in [5.74, 6) is -0.343. The summed E-state index contributed by atoms with van der Waals surface area (Å²) < 4.78 is 2.58. The van der Waals surface area contributed by atoms with E-state index in [-0.39, 0.29) is 16.8 Å². The van der Waals surface area contributed by atoms with Gasteiger partial charge in [-0.3, -0.25) is 18.7 Å². The molecule has 158 valence electrons. The number of ketones is 1. The molecule has 2 heterocycles. The standard InChI is InChI=1S/C23H28N4O3/c1-23(2)11-15-18(16(28)12-23)17(13-7-9-14(10-8-13)25(3)4)19-20(24-15)26(5)22(30)27(6)21(19)29/h7-11,17-18,24H,12H2,1-6H3/t17-,18-/m0/s1. The van der Waals surface area contributed by atoms with Crippen LogP contribution in [0.4, 0.5) is 11.5 Å². The monoisotopic (exact) mass is 408 g/mol. The van der Waals surface area contributed by atoms with Crippen molar-refractivity contribution in [3.8, 4) is 0 Å². The lowest BCUT2D eigenvalue weighted by Gasteiger charge is -2.41. The molecule has 2 aliphatic rings. The summed E-state index contributed by atoms with van der Waals surface area (Å²) >= 11 is 0. The quantitative estimate of drug-likeness (QED) is 0.825. The minimum Gasteiger partial charge on any atom is -0.378 e. The number of rotatable bonds is 2. The van der Waals surface area contributed by atoms with Gasteiger partial charge < -0.3 is 10.2 Å². The normalized spacial score (nSPS) is 21.9. The van der Waals surface area contributed by atoms with Crippen molar-refractivity contribution < 1.29 is 4.79 Å². The van der Waals surface area contributed by atoms with Crippen LogP contribution >= 0.6 is 0 Å². The molecule has 1 aliphatic heterocycles. The van der Waals surface area contributed by atoms with Crippen LogP contribution in [-0.4, -0.2) is 29.0 Å². The molecular weight excluding hydrogens is 380 g/mol. The highest BCUT2D eigenvalue weighted by Crippen LogP contribution is 2.48. The Hall–Kier alpha value is -3.09. The van der Waals surface area contributed by atoms with Crippen LogP contribution in [0.2, 0.25) is 0 Å². The molecule has 0 saturated carbocycles. The minimum absolute atomic E-state index is 0.105. The zero-order valence-electron chi connectivity index (χ0n) is 18.3. The van der Waals surface area contributed by atoms with Gasteiger partial charge in [-0.15, -0.1) is 0 Å². The molecule has 1 aliphatic carbocycles. The molecule has 2 aromatic rings. The summed E-state index contributed by atoms with van der Waals surface area (Å²) in [7, 11) is 7.06. The smallest absolute Gasteiger partial charge is 0.332 e. The first-order chi connectivity index (χ1) is 14.0. The fraction of sp³-hybridized carbons (Fsp3) is 0.435. The summed E-state index contributed by atoms with van der Waals surface area (Å²) in [6.07, 6.45) is 2.49. The van der Waals surface area contributed by atoms with Crippen LogP contribution in [-0.2, 0) is 18.9 Å². The Morgan fingerprint density at radius 2 is 1.63 bits per heavy atom. The number of carbonyl (C=O) groups excluding carboxylic acids is 1. The van der Waals surface area contributed by atoms with E-state index in [2.05, 4.69) is 11.4 Å². The van der Waals surface area contributed by atoms with Crippen LogP contribution in [0.15, 0.2) is 45.6 Å². The molecule has 0 spiro atoms. The van der Waals surface area contributed by atoms with E-state index in [1.165, 1.54) is 11.6 Å². The van der Waals surface area contributed by atoms with Crippen LogP contribution in [0, 0.1) is 11.3 Å². The molecule has 0 saturated heterocycles. The third-order valence-electron chi connectivity index (χ3n) is 6.23. The van der Waals surface area contributed by atoms with Crippen molar-refractivity contribution in [2.75, 3.05) is 24.3 Å². The molecular formula is C23H28N4O3.